The van der Waals surface area contributed by atoms with Crippen LogP contribution in [-0.2, 0) is 4.74 Å². The van der Waals surface area contributed by atoms with Crippen molar-refractivity contribution in [2.45, 2.75) is 13.0 Å². The number of ether oxygens (including phenoxy) is 3. The minimum Gasteiger partial charge on any atom is -0.493 e. The first-order valence-electron chi connectivity index (χ1n) is 5.49. The van der Waals surface area contributed by atoms with E-state index in [0.29, 0.717) is 24.7 Å². The van der Waals surface area contributed by atoms with Crippen LogP contribution >= 0.6 is 0 Å². The number of hydrogen-bond acceptors (Lipinski definition) is 4. The van der Waals surface area contributed by atoms with Crippen LogP contribution in [0.3, 0.4) is 0 Å². The molecule has 1 unspecified atom stereocenters. The second-order valence-corrected chi connectivity index (χ2v) is 3.62. The lowest BCUT2D eigenvalue weighted by Gasteiger charge is -2.13. The van der Waals surface area contributed by atoms with Crippen molar-refractivity contribution < 1.29 is 19.0 Å². The molecule has 1 aromatic carbocycles. The largest absolute Gasteiger partial charge is 0.493 e. The summed E-state index contributed by atoms with van der Waals surface area (Å²) in [5, 5.41) is 2.61. The van der Waals surface area contributed by atoms with Crippen molar-refractivity contribution in [2.24, 2.45) is 0 Å². The summed E-state index contributed by atoms with van der Waals surface area (Å²) in [7, 11) is 1.59. The Morgan fingerprint density at radius 3 is 2.88 bits per heavy atom. The first kappa shape index (κ1) is 11.6. The minimum atomic E-state index is -0.385. The standard InChI is InChI=1S/C12H15NO4/c1-3-16-10-6-8(4-5-9(10)15-2)11-7-13-12(14)17-11/h4-6,11H,3,7H2,1-2H3,(H,13,14). The molecule has 0 spiro atoms. The molecule has 1 aromatic rings. The van der Waals surface area contributed by atoms with E-state index in [0.717, 1.165) is 5.56 Å². The van der Waals surface area contributed by atoms with E-state index >= 15 is 0 Å². The van der Waals surface area contributed by atoms with Crippen molar-refractivity contribution in [2.75, 3.05) is 20.3 Å². The van der Waals surface area contributed by atoms with Crippen molar-refractivity contribution in [3.05, 3.63) is 23.8 Å². The van der Waals surface area contributed by atoms with Crippen LogP contribution in [0.2, 0.25) is 0 Å². The molecule has 5 nitrogen and oxygen atoms in total. The van der Waals surface area contributed by atoms with Gasteiger partial charge in [-0.05, 0) is 24.6 Å². The Labute approximate surface area is 99.7 Å². The number of carbonyl (C=O) groups excluding carboxylic acids is 1. The molecule has 1 amide bonds. The molecule has 0 bridgehead atoms. The van der Waals surface area contributed by atoms with Crippen LogP contribution < -0.4 is 14.8 Å². The number of rotatable bonds is 4. The molecule has 1 atom stereocenters. The van der Waals surface area contributed by atoms with Crippen LogP contribution in [0.5, 0.6) is 11.5 Å². The molecule has 1 fully saturated rings. The monoisotopic (exact) mass is 237 g/mol. The van der Waals surface area contributed by atoms with E-state index in [1.807, 2.05) is 25.1 Å². The molecule has 2 rings (SSSR count). The van der Waals surface area contributed by atoms with Crippen LogP contribution in [0.1, 0.15) is 18.6 Å². The van der Waals surface area contributed by atoms with Gasteiger partial charge in [-0.25, -0.2) is 4.79 Å². The molecule has 92 valence electrons. The Bertz CT molecular complexity index is 419. The Morgan fingerprint density at radius 2 is 2.29 bits per heavy atom. The third kappa shape index (κ3) is 2.43. The highest BCUT2D eigenvalue weighted by Gasteiger charge is 2.25. The van der Waals surface area contributed by atoms with E-state index in [1.165, 1.54) is 0 Å². The van der Waals surface area contributed by atoms with Crippen molar-refractivity contribution >= 4 is 6.09 Å². The Balaban J connectivity index is 2.23. The molecular formula is C12H15NO4. The third-order valence-corrected chi connectivity index (χ3v) is 2.54. The fourth-order valence-corrected chi connectivity index (χ4v) is 1.74. The van der Waals surface area contributed by atoms with E-state index in [2.05, 4.69) is 5.32 Å². The van der Waals surface area contributed by atoms with Gasteiger partial charge in [-0.15, -0.1) is 0 Å². The van der Waals surface area contributed by atoms with Gasteiger partial charge in [-0.1, -0.05) is 6.07 Å². The summed E-state index contributed by atoms with van der Waals surface area (Å²) in [5.74, 6) is 1.34. The van der Waals surface area contributed by atoms with Gasteiger partial charge < -0.3 is 19.5 Å². The summed E-state index contributed by atoms with van der Waals surface area (Å²) < 4.78 is 15.8. The molecule has 5 heteroatoms. The van der Waals surface area contributed by atoms with Crippen LogP contribution in [0, 0.1) is 0 Å². The molecule has 1 aliphatic heterocycles. The van der Waals surface area contributed by atoms with E-state index in [9.17, 15) is 4.79 Å². The minimum absolute atomic E-state index is 0.257. The summed E-state index contributed by atoms with van der Waals surface area (Å²) in [6.45, 7) is 2.95. The zero-order chi connectivity index (χ0) is 12.3. The summed E-state index contributed by atoms with van der Waals surface area (Å²) in [4.78, 5) is 11.0. The van der Waals surface area contributed by atoms with Crippen molar-refractivity contribution in [1.82, 2.24) is 5.32 Å². The summed E-state index contributed by atoms with van der Waals surface area (Å²) in [6, 6.07) is 5.52. The van der Waals surface area contributed by atoms with Gasteiger partial charge in [0.2, 0.25) is 0 Å². The van der Waals surface area contributed by atoms with Gasteiger partial charge in [-0.3, -0.25) is 0 Å². The number of nitrogens with one attached hydrogen (secondary N) is 1. The Morgan fingerprint density at radius 1 is 1.47 bits per heavy atom. The number of methoxy groups -OCH3 is 1. The van der Waals surface area contributed by atoms with E-state index in [4.69, 9.17) is 14.2 Å². The van der Waals surface area contributed by atoms with Gasteiger partial charge in [0, 0.05) is 0 Å². The second kappa shape index (κ2) is 4.95. The first-order valence-corrected chi connectivity index (χ1v) is 5.49. The number of benzene rings is 1. The van der Waals surface area contributed by atoms with Gasteiger partial charge >= 0.3 is 6.09 Å². The van der Waals surface area contributed by atoms with E-state index in [1.54, 1.807) is 7.11 Å². The average molecular weight is 237 g/mol. The number of hydrogen-bond donors (Lipinski definition) is 1. The van der Waals surface area contributed by atoms with Crippen molar-refractivity contribution in [3.8, 4) is 11.5 Å². The molecule has 1 N–H and O–H groups in total. The van der Waals surface area contributed by atoms with Crippen molar-refractivity contribution in [1.29, 1.82) is 0 Å². The van der Waals surface area contributed by atoms with E-state index < -0.39 is 0 Å². The van der Waals surface area contributed by atoms with Gasteiger partial charge in [-0.2, -0.15) is 0 Å². The molecule has 0 aliphatic carbocycles. The lowest BCUT2D eigenvalue weighted by molar-refractivity contribution is 0.141. The topological polar surface area (TPSA) is 56.8 Å². The first-order chi connectivity index (χ1) is 8.24. The van der Waals surface area contributed by atoms with Crippen LogP contribution in [0.25, 0.3) is 0 Å². The molecule has 0 saturated carbocycles. The lowest BCUT2D eigenvalue weighted by atomic mass is 10.1. The SMILES string of the molecule is CCOc1cc(C2CNC(=O)O2)ccc1OC. The highest BCUT2D eigenvalue weighted by atomic mass is 16.6. The summed E-state index contributed by atoms with van der Waals surface area (Å²) in [6.07, 6.45) is -0.642. The van der Waals surface area contributed by atoms with Gasteiger partial charge in [0.15, 0.2) is 11.5 Å². The van der Waals surface area contributed by atoms with Crippen LogP contribution in [0.4, 0.5) is 4.79 Å². The molecule has 1 saturated heterocycles. The smallest absolute Gasteiger partial charge is 0.407 e. The Kier molecular flexibility index (Phi) is 3.37. The predicted octanol–water partition coefficient (Wildman–Crippen LogP) is 1.87. The lowest BCUT2D eigenvalue weighted by Crippen LogP contribution is -2.12. The molecular weight excluding hydrogens is 222 g/mol. The molecule has 0 aromatic heterocycles. The van der Waals surface area contributed by atoms with Gasteiger partial charge in [0.05, 0.1) is 20.3 Å². The van der Waals surface area contributed by atoms with Crippen LogP contribution in [-0.4, -0.2) is 26.4 Å². The molecule has 17 heavy (non-hydrogen) atoms. The maximum Gasteiger partial charge on any atom is 0.407 e. The maximum atomic E-state index is 11.0. The summed E-state index contributed by atoms with van der Waals surface area (Å²) in [5.41, 5.74) is 0.896. The molecule has 1 aliphatic rings. The highest BCUT2D eigenvalue weighted by molar-refractivity contribution is 5.69. The molecule has 0 radical (unpaired) electrons. The maximum absolute atomic E-state index is 11.0. The average Bonchev–Trinajstić information content (AvgIpc) is 2.76. The summed E-state index contributed by atoms with van der Waals surface area (Å²) >= 11 is 0. The van der Waals surface area contributed by atoms with Gasteiger partial charge in [0.25, 0.3) is 0 Å². The van der Waals surface area contributed by atoms with Gasteiger partial charge in [0.1, 0.15) is 6.10 Å². The number of carbonyl (C=O) groups is 1. The van der Waals surface area contributed by atoms with Crippen molar-refractivity contribution in [3.63, 3.8) is 0 Å². The van der Waals surface area contributed by atoms with Crippen LogP contribution in [0.15, 0.2) is 18.2 Å². The second-order valence-electron chi connectivity index (χ2n) is 3.62. The quantitative estimate of drug-likeness (QED) is 0.868. The fourth-order valence-electron chi connectivity index (χ4n) is 1.74. The molecule has 1 heterocycles. The normalized spacial score (nSPS) is 18.5. The zero-order valence-corrected chi connectivity index (χ0v) is 9.86. The number of amides is 1. The number of alkyl carbamates (subject to hydrolysis) is 1. The number of cyclic esters (lactones) is 1. The fraction of sp³-hybridized carbons (Fsp3) is 0.417. The highest BCUT2D eigenvalue weighted by Crippen LogP contribution is 2.32. The third-order valence-electron chi connectivity index (χ3n) is 2.54. The van der Waals surface area contributed by atoms with E-state index in [-0.39, 0.29) is 12.2 Å². The zero-order valence-electron chi connectivity index (χ0n) is 9.86. The Hall–Kier alpha value is -1.91. The predicted molar refractivity (Wildman–Crippen MR) is 61.4 cm³/mol.